The van der Waals surface area contributed by atoms with Gasteiger partial charge in [0.15, 0.2) is 0 Å². The van der Waals surface area contributed by atoms with Gasteiger partial charge in [0.05, 0.1) is 11.3 Å². The number of nitrogens with one attached hydrogen (secondary N) is 2. The molecule has 3 rings (SSSR count). The van der Waals surface area contributed by atoms with E-state index >= 15 is 0 Å². The van der Waals surface area contributed by atoms with Gasteiger partial charge in [0.2, 0.25) is 5.91 Å². The third-order valence-electron chi connectivity index (χ3n) is 3.63. The highest BCUT2D eigenvalue weighted by atomic mass is 32.2. The summed E-state index contributed by atoms with van der Waals surface area (Å²) in [6, 6.07) is 11.9. The SMILES string of the molecule is CCc1ccc(NS(=O)(=O)c2ccc3c(c2)CC(=O)N3)cc1. The van der Waals surface area contributed by atoms with Gasteiger partial charge in [-0.3, -0.25) is 9.52 Å². The molecule has 5 nitrogen and oxygen atoms in total. The van der Waals surface area contributed by atoms with Crippen LogP contribution in [0.2, 0.25) is 0 Å². The first-order valence-corrected chi connectivity index (χ1v) is 8.51. The lowest BCUT2D eigenvalue weighted by Crippen LogP contribution is -2.13. The lowest BCUT2D eigenvalue weighted by molar-refractivity contribution is -0.115. The minimum absolute atomic E-state index is 0.118. The monoisotopic (exact) mass is 316 g/mol. The molecule has 114 valence electrons. The van der Waals surface area contributed by atoms with E-state index in [4.69, 9.17) is 0 Å². The second kappa shape index (κ2) is 5.46. The number of benzene rings is 2. The topological polar surface area (TPSA) is 75.3 Å². The number of hydrogen-bond acceptors (Lipinski definition) is 3. The lowest BCUT2D eigenvalue weighted by atomic mass is 10.2. The third kappa shape index (κ3) is 2.82. The Labute approximate surface area is 129 Å². The molecule has 0 atom stereocenters. The molecule has 0 saturated carbocycles. The van der Waals surface area contributed by atoms with Crippen LogP contribution in [0, 0.1) is 0 Å². The van der Waals surface area contributed by atoms with Crippen LogP contribution in [0.25, 0.3) is 0 Å². The number of hydrogen-bond donors (Lipinski definition) is 2. The van der Waals surface area contributed by atoms with Crippen molar-refractivity contribution in [3.8, 4) is 0 Å². The Balaban J connectivity index is 1.86. The van der Waals surface area contributed by atoms with E-state index in [1.807, 2.05) is 19.1 Å². The van der Waals surface area contributed by atoms with E-state index in [2.05, 4.69) is 10.0 Å². The summed E-state index contributed by atoms with van der Waals surface area (Å²) in [6.07, 6.45) is 1.11. The van der Waals surface area contributed by atoms with E-state index in [1.54, 1.807) is 18.2 Å². The number of carbonyl (C=O) groups is 1. The molecule has 0 aliphatic carbocycles. The molecule has 2 aromatic carbocycles. The average molecular weight is 316 g/mol. The van der Waals surface area contributed by atoms with Crippen LogP contribution in [0.5, 0.6) is 0 Å². The van der Waals surface area contributed by atoms with Crippen molar-refractivity contribution >= 4 is 27.3 Å². The number of rotatable bonds is 4. The third-order valence-corrected chi connectivity index (χ3v) is 5.01. The fraction of sp³-hybridized carbons (Fsp3) is 0.188. The Morgan fingerprint density at radius 2 is 1.86 bits per heavy atom. The van der Waals surface area contributed by atoms with E-state index in [0.717, 1.165) is 12.0 Å². The van der Waals surface area contributed by atoms with Crippen molar-refractivity contribution in [3.63, 3.8) is 0 Å². The minimum Gasteiger partial charge on any atom is -0.326 e. The first-order chi connectivity index (χ1) is 10.5. The van der Waals surface area contributed by atoms with Crippen molar-refractivity contribution in [2.24, 2.45) is 0 Å². The van der Waals surface area contributed by atoms with Crippen molar-refractivity contribution in [3.05, 3.63) is 53.6 Å². The molecule has 0 spiro atoms. The average Bonchev–Trinajstić information content (AvgIpc) is 2.86. The summed E-state index contributed by atoms with van der Waals surface area (Å²) >= 11 is 0. The zero-order chi connectivity index (χ0) is 15.7. The van der Waals surface area contributed by atoms with Crippen LogP contribution < -0.4 is 10.0 Å². The summed E-state index contributed by atoms with van der Waals surface area (Å²) in [7, 11) is -3.66. The largest absolute Gasteiger partial charge is 0.326 e. The molecule has 1 amide bonds. The van der Waals surface area contributed by atoms with Crippen molar-refractivity contribution in [2.45, 2.75) is 24.7 Å². The zero-order valence-corrected chi connectivity index (χ0v) is 12.9. The Kier molecular flexibility index (Phi) is 3.62. The molecule has 0 aromatic heterocycles. The molecule has 2 N–H and O–H groups in total. The van der Waals surface area contributed by atoms with Gasteiger partial charge in [-0.25, -0.2) is 8.42 Å². The number of fused-ring (bicyclic) bond motifs is 1. The summed E-state index contributed by atoms with van der Waals surface area (Å²) in [4.78, 5) is 11.5. The molecule has 0 radical (unpaired) electrons. The van der Waals surface area contributed by atoms with Crippen LogP contribution in [0.15, 0.2) is 47.4 Å². The quantitative estimate of drug-likeness (QED) is 0.910. The Bertz CT molecular complexity index is 827. The summed E-state index contributed by atoms with van der Waals surface area (Å²) in [6.45, 7) is 2.04. The van der Waals surface area contributed by atoms with Crippen LogP contribution in [0.1, 0.15) is 18.1 Å². The van der Waals surface area contributed by atoms with E-state index in [-0.39, 0.29) is 17.2 Å². The first-order valence-electron chi connectivity index (χ1n) is 7.02. The van der Waals surface area contributed by atoms with Crippen LogP contribution in [-0.2, 0) is 27.7 Å². The molecular weight excluding hydrogens is 300 g/mol. The van der Waals surface area contributed by atoms with E-state index in [9.17, 15) is 13.2 Å². The summed E-state index contributed by atoms with van der Waals surface area (Å²) in [5, 5.41) is 2.68. The van der Waals surface area contributed by atoms with Crippen molar-refractivity contribution in [2.75, 3.05) is 10.0 Å². The first kappa shape index (κ1) is 14.6. The molecule has 1 heterocycles. The van der Waals surface area contributed by atoms with Crippen LogP contribution in [-0.4, -0.2) is 14.3 Å². The summed E-state index contributed by atoms with van der Waals surface area (Å²) in [5.74, 6) is -0.118. The van der Waals surface area contributed by atoms with Gasteiger partial charge >= 0.3 is 0 Å². The van der Waals surface area contributed by atoms with Crippen molar-refractivity contribution in [1.82, 2.24) is 0 Å². The number of sulfonamides is 1. The molecule has 0 fully saturated rings. The van der Waals surface area contributed by atoms with Gasteiger partial charge < -0.3 is 5.32 Å². The maximum atomic E-state index is 12.4. The Morgan fingerprint density at radius 3 is 2.55 bits per heavy atom. The molecule has 2 aromatic rings. The Hall–Kier alpha value is -2.34. The molecule has 0 bridgehead atoms. The fourth-order valence-corrected chi connectivity index (χ4v) is 3.50. The van der Waals surface area contributed by atoms with Crippen LogP contribution in [0.3, 0.4) is 0 Å². The van der Waals surface area contributed by atoms with Crippen LogP contribution >= 0.6 is 0 Å². The second-order valence-electron chi connectivity index (χ2n) is 5.20. The number of amides is 1. The highest BCUT2D eigenvalue weighted by Crippen LogP contribution is 2.26. The standard InChI is InChI=1S/C16H16N2O3S/c1-2-11-3-5-13(6-4-11)18-22(20,21)14-7-8-15-12(9-14)10-16(19)17-15/h3-9,18H,2,10H2,1H3,(H,17,19). The zero-order valence-electron chi connectivity index (χ0n) is 12.1. The van der Waals surface area contributed by atoms with Gasteiger partial charge in [-0.15, -0.1) is 0 Å². The smallest absolute Gasteiger partial charge is 0.261 e. The van der Waals surface area contributed by atoms with E-state index in [1.165, 1.54) is 12.1 Å². The van der Waals surface area contributed by atoms with E-state index < -0.39 is 10.0 Å². The number of aryl methyl sites for hydroxylation is 1. The van der Waals surface area contributed by atoms with Gasteiger partial charge in [0.1, 0.15) is 0 Å². The highest BCUT2D eigenvalue weighted by molar-refractivity contribution is 7.92. The predicted octanol–water partition coefficient (Wildman–Crippen LogP) is 2.54. The van der Waals surface area contributed by atoms with Crippen LogP contribution in [0.4, 0.5) is 11.4 Å². The maximum Gasteiger partial charge on any atom is 0.261 e. The van der Waals surface area contributed by atoms with Gasteiger partial charge in [-0.2, -0.15) is 0 Å². The minimum atomic E-state index is -3.66. The number of anilines is 2. The van der Waals surface area contributed by atoms with Crippen molar-refractivity contribution in [1.29, 1.82) is 0 Å². The molecule has 6 heteroatoms. The maximum absolute atomic E-state index is 12.4. The van der Waals surface area contributed by atoms with Gasteiger partial charge in [-0.05, 0) is 47.9 Å². The van der Waals surface area contributed by atoms with Gasteiger partial charge in [-0.1, -0.05) is 19.1 Å². The van der Waals surface area contributed by atoms with Crippen molar-refractivity contribution < 1.29 is 13.2 Å². The molecule has 0 unspecified atom stereocenters. The Morgan fingerprint density at radius 1 is 1.14 bits per heavy atom. The summed E-state index contributed by atoms with van der Waals surface area (Å²) in [5.41, 5.74) is 3.04. The molecule has 0 saturated heterocycles. The summed E-state index contributed by atoms with van der Waals surface area (Å²) < 4.78 is 27.4. The van der Waals surface area contributed by atoms with Gasteiger partial charge in [0.25, 0.3) is 10.0 Å². The molecule has 22 heavy (non-hydrogen) atoms. The number of carbonyl (C=O) groups excluding carboxylic acids is 1. The molecule has 1 aliphatic rings. The molecule has 1 aliphatic heterocycles. The highest BCUT2D eigenvalue weighted by Gasteiger charge is 2.21. The lowest BCUT2D eigenvalue weighted by Gasteiger charge is -2.09. The van der Waals surface area contributed by atoms with E-state index in [0.29, 0.717) is 16.9 Å². The van der Waals surface area contributed by atoms with Gasteiger partial charge in [0, 0.05) is 11.4 Å². The predicted molar refractivity (Wildman–Crippen MR) is 85.4 cm³/mol. The molecular formula is C16H16N2O3S. The fourth-order valence-electron chi connectivity index (χ4n) is 2.40. The second-order valence-corrected chi connectivity index (χ2v) is 6.88. The normalized spacial score (nSPS) is 13.6.